The van der Waals surface area contributed by atoms with Crippen LogP contribution in [0.3, 0.4) is 0 Å². The van der Waals surface area contributed by atoms with E-state index in [0.717, 1.165) is 0 Å². The van der Waals surface area contributed by atoms with Gasteiger partial charge in [0.25, 0.3) is 0 Å². The van der Waals surface area contributed by atoms with Crippen molar-refractivity contribution in [3.8, 4) is 0 Å². The third-order valence-corrected chi connectivity index (χ3v) is 0.480. The van der Waals surface area contributed by atoms with Crippen LogP contribution in [0.4, 0.5) is 0 Å². The zero-order valence-electron chi connectivity index (χ0n) is 6.37. The molecule has 0 bridgehead atoms. The molecule has 0 amide bonds. The molecule has 0 radical (unpaired) electrons. The van der Waals surface area contributed by atoms with Crippen LogP contribution in [0.2, 0.25) is 0 Å². The van der Waals surface area contributed by atoms with Crippen LogP contribution < -0.4 is 0 Å². The van der Waals surface area contributed by atoms with Crippen LogP contribution in [0.5, 0.6) is 0 Å². The van der Waals surface area contributed by atoms with Crippen molar-refractivity contribution in [3.63, 3.8) is 0 Å². The van der Waals surface area contributed by atoms with Gasteiger partial charge in [-0.05, 0) is 6.04 Å². The fourth-order valence-electron chi connectivity index (χ4n) is 0.200. The number of rotatable bonds is 2. The van der Waals surface area contributed by atoms with Gasteiger partial charge in [-0.1, -0.05) is 20.9 Å². The zero-order chi connectivity index (χ0) is 5.70. The third kappa shape index (κ3) is 18.0. The molecule has 0 spiro atoms. The Morgan fingerprint density at radius 3 is 2.00 bits per heavy atom. The Labute approximate surface area is 68.1 Å². The minimum Gasteiger partial charge on any atom is -0.475 e. The molecule has 0 aliphatic rings. The summed E-state index contributed by atoms with van der Waals surface area (Å²) in [5.74, 6) is 0. The number of nitrogens with zero attached hydrogens (tertiary/aromatic N) is 2. The fourth-order valence-corrected chi connectivity index (χ4v) is 0.200. The molecule has 0 atom stereocenters. The van der Waals surface area contributed by atoms with E-state index in [-0.39, 0.29) is 23.9 Å². The first-order valence-corrected chi connectivity index (χ1v) is 2.38. The SMILES string of the molecule is C[N-]C=NC(C)C.[CH3-].[Ni+2]. The summed E-state index contributed by atoms with van der Waals surface area (Å²) in [7, 11) is 1.71. The molecule has 0 aliphatic carbocycles. The summed E-state index contributed by atoms with van der Waals surface area (Å²) in [6.45, 7) is 4.03. The molecule has 3 heteroatoms. The first-order valence-electron chi connectivity index (χ1n) is 2.38. The van der Waals surface area contributed by atoms with Crippen LogP contribution >= 0.6 is 0 Å². The molecule has 0 rings (SSSR count). The average molecular weight is 173 g/mol. The van der Waals surface area contributed by atoms with Crippen LogP contribution in [-0.2, 0) is 16.5 Å². The second-order valence-electron chi connectivity index (χ2n) is 1.62. The van der Waals surface area contributed by atoms with Gasteiger partial charge < -0.3 is 17.7 Å². The summed E-state index contributed by atoms with van der Waals surface area (Å²) in [5, 5.41) is 3.68. The molecule has 0 aromatic rings. The van der Waals surface area contributed by atoms with Crippen molar-refractivity contribution in [1.29, 1.82) is 0 Å². The second-order valence-corrected chi connectivity index (χ2v) is 1.62. The van der Waals surface area contributed by atoms with Crippen LogP contribution in [0.15, 0.2) is 4.99 Å². The summed E-state index contributed by atoms with van der Waals surface area (Å²) in [6, 6.07) is 0.378. The van der Waals surface area contributed by atoms with Crippen molar-refractivity contribution in [2.45, 2.75) is 19.9 Å². The first-order chi connectivity index (χ1) is 3.27. The predicted octanol–water partition coefficient (Wildman–Crippen LogP) is 1.87. The van der Waals surface area contributed by atoms with Crippen molar-refractivity contribution < 1.29 is 16.5 Å². The maximum absolute atomic E-state index is 3.95. The maximum atomic E-state index is 3.95. The fraction of sp³-hybridized carbons (Fsp3) is 0.667. The van der Waals surface area contributed by atoms with Crippen molar-refractivity contribution in [1.82, 2.24) is 0 Å². The van der Waals surface area contributed by atoms with Gasteiger partial charge in [0.1, 0.15) is 0 Å². The molecule has 0 aromatic carbocycles. The number of aliphatic imine (C=N–C) groups is 1. The van der Waals surface area contributed by atoms with Gasteiger partial charge in [-0.15, -0.1) is 6.34 Å². The Kier molecular flexibility index (Phi) is 19.3. The summed E-state index contributed by atoms with van der Waals surface area (Å²) < 4.78 is 0. The molecule has 9 heavy (non-hydrogen) atoms. The summed E-state index contributed by atoms with van der Waals surface area (Å²) in [6.07, 6.45) is 1.57. The Bertz CT molecular complexity index is 62.1. The molecule has 0 heterocycles. The molecule has 0 fully saturated rings. The van der Waals surface area contributed by atoms with E-state index >= 15 is 0 Å². The minimum atomic E-state index is 0. The number of hydrogen-bond acceptors (Lipinski definition) is 1. The van der Waals surface area contributed by atoms with Gasteiger partial charge in [0.2, 0.25) is 0 Å². The Morgan fingerprint density at radius 1 is 1.44 bits per heavy atom. The molecule has 0 saturated carbocycles. The van der Waals surface area contributed by atoms with Gasteiger partial charge >= 0.3 is 16.5 Å². The second kappa shape index (κ2) is 10.9. The van der Waals surface area contributed by atoms with E-state index in [9.17, 15) is 0 Å². The van der Waals surface area contributed by atoms with Gasteiger partial charge in [-0.3, -0.25) is 0 Å². The third-order valence-electron chi connectivity index (χ3n) is 0.480. The van der Waals surface area contributed by atoms with Crippen LogP contribution in [0.25, 0.3) is 5.32 Å². The van der Waals surface area contributed by atoms with E-state index in [4.69, 9.17) is 0 Å². The van der Waals surface area contributed by atoms with Gasteiger partial charge in [0.05, 0.1) is 0 Å². The first kappa shape index (κ1) is 16.0. The Balaban J connectivity index is -0.000000180. The van der Waals surface area contributed by atoms with E-state index in [1.54, 1.807) is 13.4 Å². The smallest absolute Gasteiger partial charge is 0.475 e. The molecule has 0 aromatic heterocycles. The van der Waals surface area contributed by atoms with E-state index in [1.165, 1.54) is 0 Å². The van der Waals surface area contributed by atoms with Crippen molar-refractivity contribution in [2.24, 2.45) is 4.99 Å². The monoisotopic (exact) mass is 172 g/mol. The molecule has 0 saturated heterocycles. The van der Waals surface area contributed by atoms with E-state index in [0.29, 0.717) is 6.04 Å². The van der Waals surface area contributed by atoms with E-state index in [2.05, 4.69) is 10.3 Å². The normalized spacial score (nSPS) is 8.44. The van der Waals surface area contributed by atoms with E-state index in [1.807, 2.05) is 13.8 Å². The van der Waals surface area contributed by atoms with Crippen molar-refractivity contribution in [3.05, 3.63) is 12.7 Å². The van der Waals surface area contributed by atoms with Crippen molar-refractivity contribution in [2.75, 3.05) is 7.05 Å². The van der Waals surface area contributed by atoms with Gasteiger partial charge in [-0.2, -0.15) is 0 Å². The predicted molar refractivity (Wildman–Crippen MR) is 39.3 cm³/mol. The van der Waals surface area contributed by atoms with Gasteiger partial charge in [0.15, 0.2) is 0 Å². The van der Waals surface area contributed by atoms with Crippen LogP contribution in [0, 0.1) is 7.43 Å². The zero-order valence-corrected chi connectivity index (χ0v) is 7.35. The molecule has 58 valence electrons. The molecular formula is C6H14N2Ni. The molecule has 0 unspecified atom stereocenters. The van der Waals surface area contributed by atoms with Crippen LogP contribution in [-0.4, -0.2) is 19.4 Å². The van der Waals surface area contributed by atoms with E-state index < -0.39 is 0 Å². The summed E-state index contributed by atoms with van der Waals surface area (Å²) in [4.78, 5) is 3.95. The minimum absolute atomic E-state index is 0. The topological polar surface area (TPSA) is 26.5 Å². The Morgan fingerprint density at radius 2 is 1.89 bits per heavy atom. The molecule has 0 N–H and O–H groups in total. The summed E-state index contributed by atoms with van der Waals surface area (Å²) in [5.41, 5.74) is 0. The van der Waals surface area contributed by atoms with Gasteiger partial charge in [0, 0.05) is 0 Å². The van der Waals surface area contributed by atoms with Crippen LogP contribution in [0.1, 0.15) is 13.8 Å². The average Bonchev–Trinajstić information content (AvgIpc) is 1.61. The van der Waals surface area contributed by atoms with Gasteiger partial charge in [-0.25, -0.2) is 0 Å². The standard InChI is InChI=1S/C5H11N2.CH3.Ni/c1-5(2)7-4-6-3;;/h4-5H,1-3H3;1H3;/q2*-1;+2. The quantitative estimate of drug-likeness (QED) is 0.263. The van der Waals surface area contributed by atoms with Crippen molar-refractivity contribution >= 4 is 6.34 Å². The largest absolute Gasteiger partial charge is 2.00 e. The molecule has 2 nitrogen and oxygen atoms in total. The molecular weight excluding hydrogens is 159 g/mol. The Hall–Kier alpha value is -0.0365. The molecule has 0 aliphatic heterocycles. The number of hydrogen-bond donors (Lipinski definition) is 0. The maximum Gasteiger partial charge on any atom is 2.00 e. The summed E-state index contributed by atoms with van der Waals surface area (Å²) >= 11 is 0.